The number of rotatable bonds is 3. The minimum absolute atomic E-state index is 0.118. The summed E-state index contributed by atoms with van der Waals surface area (Å²) in [5.74, 6) is 0.702. The summed E-state index contributed by atoms with van der Waals surface area (Å²) in [6.07, 6.45) is 3.68. The molecule has 1 aromatic rings. The third-order valence-electron chi connectivity index (χ3n) is 3.32. The average molecular weight is 267 g/mol. The fraction of sp³-hybridized carbons (Fsp3) is 0.692. The normalized spacial score (nSPS) is 24.2. The first-order valence-electron chi connectivity index (χ1n) is 6.56. The second-order valence-electron chi connectivity index (χ2n) is 5.29. The lowest BCUT2D eigenvalue weighted by Crippen LogP contribution is -2.40. The lowest BCUT2D eigenvalue weighted by molar-refractivity contribution is -0.120. The van der Waals surface area contributed by atoms with Crippen molar-refractivity contribution < 1.29 is 4.79 Å². The van der Waals surface area contributed by atoms with E-state index in [2.05, 4.69) is 36.4 Å². The summed E-state index contributed by atoms with van der Waals surface area (Å²) in [6.45, 7) is 7.31. The molecule has 0 radical (unpaired) electrons. The zero-order chi connectivity index (χ0) is 13.1. The van der Waals surface area contributed by atoms with E-state index in [0.29, 0.717) is 12.0 Å². The lowest BCUT2D eigenvalue weighted by atomic mass is 9.93. The Morgan fingerprint density at radius 1 is 1.61 bits per heavy atom. The molecule has 18 heavy (non-hydrogen) atoms. The van der Waals surface area contributed by atoms with Gasteiger partial charge in [0, 0.05) is 23.0 Å². The number of anilines is 1. The van der Waals surface area contributed by atoms with Gasteiger partial charge in [0.05, 0.1) is 0 Å². The van der Waals surface area contributed by atoms with Crippen LogP contribution in [0.2, 0.25) is 0 Å². The van der Waals surface area contributed by atoms with E-state index in [-0.39, 0.29) is 11.8 Å². The van der Waals surface area contributed by atoms with Gasteiger partial charge in [-0.1, -0.05) is 13.8 Å². The van der Waals surface area contributed by atoms with Gasteiger partial charge in [-0.15, -0.1) is 11.3 Å². The van der Waals surface area contributed by atoms with Crippen LogP contribution in [0.4, 0.5) is 5.13 Å². The van der Waals surface area contributed by atoms with E-state index >= 15 is 0 Å². The molecule has 5 heteroatoms. The number of nitrogens with zero attached hydrogens (tertiary/aromatic N) is 1. The molecule has 0 unspecified atom stereocenters. The van der Waals surface area contributed by atoms with Gasteiger partial charge in [0.1, 0.15) is 0 Å². The van der Waals surface area contributed by atoms with E-state index in [9.17, 15) is 4.79 Å². The highest BCUT2D eigenvalue weighted by Crippen LogP contribution is 2.26. The van der Waals surface area contributed by atoms with Crippen LogP contribution >= 0.6 is 11.3 Å². The SMILES string of the molecule is CC(C)c1cnc(NC(=O)[C@H]2CCN[C@@H](C)C2)s1. The van der Waals surface area contributed by atoms with E-state index in [1.807, 2.05) is 6.20 Å². The Bertz CT molecular complexity index is 416. The van der Waals surface area contributed by atoms with E-state index in [4.69, 9.17) is 0 Å². The van der Waals surface area contributed by atoms with Crippen molar-refractivity contribution in [3.63, 3.8) is 0 Å². The quantitative estimate of drug-likeness (QED) is 0.885. The number of carbonyl (C=O) groups is 1. The number of nitrogens with one attached hydrogen (secondary N) is 2. The molecule has 0 spiro atoms. The molecule has 0 aromatic carbocycles. The number of thiazole rings is 1. The van der Waals surface area contributed by atoms with Gasteiger partial charge in [0.2, 0.25) is 5.91 Å². The Morgan fingerprint density at radius 3 is 3.00 bits per heavy atom. The molecule has 1 saturated heterocycles. The molecule has 1 fully saturated rings. The highest BCUT2D eigenvalue weighted by Gasteiger charge is 2.25. The van der Waals surface area contributed by atoms with Crippen LogP contribution in [0.15, 0.2) is 6.20 Å². The summed E-state index contributed by atoms with van der Waals surface area (Å²) in [7, 11) is 0. The van der Waals surface area contributed by atoms with Crippen LogP contribution in [0.1, 0.15) is 44.4 Å². The summed E-state index contributed by atoms with van der Waals surface area (Å²) in [5, 5.41) is 7.04. The third-order valence-corrected chi connectivity index (χ3v) is 4.53. The van der Waals surface area contributed by atoms with Gasteiger partial charge in [-0.05, 0) is 32.2 Å². The maximum atomic E-state index is 12.1. The summed E-state index contributed by atoms with van der Waals surface area (Å²) < 4.78 is 0. The van der Waals surface area contributed by atoms with Crippen LogP contribution in [-0.4, -0.2) is 23.5 Å². The predicted molar refractivity (Wildman–Crippen MR) is 75.0 cm³/mol. The van der Waals surface area contributed by atoms with Gasteiger partial charge in [-0.3, -0.25) is 4.79 Å². The number of aromatic nitrogens is 1. The summed E-state index contributed by atoms with van der Waals surface area (Å²) in [6, 6.07) is 0.428. The van der Waals surface area contributed by atoms with Crippen LogP contribution in [0, 0.1) is 5.92 Å². The van der Waals surface area contributed by atoms with E-state index in [0.717, 1.165) is 24.5 Å². The van der Waals surface area contributed by atoms with E-state index in [1.165, 1.54) is 4.88 Å². The van der Waals surface area contributed by atoms with Gasteiger partial charge < -0.3 is 10.6 Å². The standard InChI is InChI=1S/C13H21N3OS/c1-8(2)11-7-15-13(18-11)16-12(17)10-4-5-14-9(3)6-10/h7-10,14H,4-6H2,1-3H3,(H,15,16,17)/t9-,10-/m0/s1. The molecule has 2 atom stereocenters. The molecular weight excluding hydrogens is 246 g/mol. The molecule has 1 aliphatic rings. The minimum atomic E-state index is 0.118. The molecule has 0 bridgehead atoms. The van der Waals surface area contributed by atoms with Crippen molar-refractivity contribution in [2.24, 2.45) is 5.92 Å². The highest BCUT2D eigenvalue weighted by molar-refractivity contribution is 7.15. The molecule has 1 amide bonds. The second-order valence-corrected chi connectivity index (χ2v) is 6.35. The van der Waals surface area contributed by atoms with Crippen molar-refractivity contribution in [2.45, 2.75) is 45.6 Å². The van der Waals surface area contributed by atoms with Crippen molar-refractivity contribution in [3.05, 3.63) is 11.1 Å². The topological polar surface area (TPSA) is 54.0 Å². The number of hydrogen-bond donors (Lipinski definition) is 2. The van der Waals surface area contributed by atoms with Crippen LogP contribution in [0.5, 0.6) is 0 Å². The largest absolute Gasteiger partial charge is 0.314 e. The zero-order valence-corrected chi connectivity index (χ0v) is 12.0. The predicted octanol–water partition coefficient (Wildman–Crippen LogP) is 2.59. The monoisotopic (exact) mass is 267 g/mol. The molecule has 0 aliphatic carbocycles. The molecular formula is C13H21N3OS. The van der Waals surface area contributed by atoms with Gasteiger partial charge in [0.15, 0.2) is 5.13 Å². The Morgan fingerprint density at radius 2 is 2.39 bits per heavy atom. The minimum Gasteiger partial charge on any atom is -0.314 e. The van der Waals surface area contributed by atoms with Gasteiger partial charge in [-0.25, -0.2) is 4.98 Å². The first-order valence-corrected chi connectivity index (χ1v) is 7.38. The second kappa shape index (κ2) is 5.80. The Labute approximate surface area is 112 Å². The Kier molecular flexibility index (Phi) is 4.35. The summed E-state index contributed by atoms with van der Waals surface area (Å²) in [5.41, 5.74) is 0. The van der Waals surface area contributed by atoms with E-state index in [1.54, 1.807) is 11.3 Å². The molecule has 100 valence electrons. The summed E-state index contributed by atoms with van der Waals surface area (Å²) in [4.78, 5) is 17.6. The molecule has 2 heterocycles. The number of carbonyl (C=O) groups excluding carboxylic acids is 1. The fourth-order valence-corrected chi connectivity index (χ4v) is 3.01. The van der Waals surface area contributed by atoms with Crippen LogP contribution in [-0.2, 0) is 4.79 Å². The Balaban J connectivity index is 1.93. The van der Waals surface area contributed by atoms with Crippen molar-refractivity contribution in [3.8, 4) is 0 Å². The number of amides is 1. The van der Waals surface area contributed by atoms with Crippen molar-refractivity contribution >= 4 is 22.4 Å². The molecule has 0 saturated carbocycles. The van der Waals surface area contributed by atoms with Gasteiger partial charge >= 0.3 is 0 Å². The maximum absolute atomic E-state index is 12.1. The molecule has 2 N–H and O–H groups in total. The van der Waals surface area contributed by atoms with Crippen molar-refractivity contribution in [1.29, 1.82) is 0 Å². The van der Waals surface area contributed by atoms with Crippen LogP contribution in [0.3, 0.4) is 0 Å². The smallest absolute Gasteiger partial charge is 0.229 e. The van der Waals surface area contributed by atoms with Crippen molar-refractivity contribution in [1.82, 2.24) is 10.3 Å². The van der Waals surface area contributed by atoms with E-state index < -0.39 is 0 Å². The Hall–Kier alpha value is -0.940. The average Bonchev–Trinajstić information content (AvgIpc) is 2.77. The van der Waals surface area contributed by atoms with Crippen molar-refractivity contribution in [2.75, 3.05) is 11.9 Å². The van der Waals surface area contributed by atoms with Gasteiger partial charge in [-0.2, -0.15) is 0 Å². The van der Waals surface area contributed by atoms with Crippen LogP contribution < -0.4 is 10.6 Å². The zero-order valence-electron chi connectivity index (χ0n) is 11.2. The molecule has 2 rings (SSSR count). The first-order chi connectivity index (χ1) is 8.56. The van der Waals surface area contributed by atoms with Crippen LogP contribution in [0.25, 0.3) is 0 Å². The molecule has 4 nitrogen and oxygen atoms in total. The number of hydrogen-bond acceptors (Lipinski definition) is 4. The maximum Gasteiger partial charge on any atom is 0.229 e. The number of piperidine rings is 1. The van der Waals surface area contributed by atoms with Gasteiger partial charge in [0.25, 0.3) is 0 Å². The third kappa shape index (κ3) is 3.29. The highest BCUT2D eigenvalue weighted by atomic mass is 32.1. The molecule has 1 aliphatic heterocycles. The molecule has 1 aromatic heterocycles. The fourth-order valence-electron chi connectivity index (χ4n) is 2.19. The summed E-state index contributed by atoms with van der Waals surface area (Å²) >= 11 is 1.58. The lowest BCUT2D eigenvalue weighted by Gasteiger charge is -2.26. The first kappa shape index (κ1) is 13.5.